The van der Waals surface area contributed by atoms with E-state index in [1.807, 2.05) is 0 Å². The average Bonchev–Trinajstić information content (AvgIpc) is 3.27. The molecule has 0 spiro atoms. The monoisotopic (exact) mass is 706 g/mol. The predicted molar refractivity (Wildman–Crippen MR) is 243 cm³/mol. The molecule has 0 nitrogen and oxygen atoms in total. The summed E-state index contributed by atoms with van der Waals surface area (Å²) in [7, 11) is 0. The van der Waals surface area contributed by atoms with E-state index in [-0.39, 0.29) is 0 Å². The summed E-state index contributed by atoms with van der Waals surface area (Å²) in [6.45, 7) is 0. The van der Waals surface area contributed by atoms with Crippen molar-refractivity contribution in [3.63, 3.8) is 0 Å². The topological polar surface area (TPSA) is 0 Å². The maximum atomic E-state index is 2.46. The van der Waals surface area contributed by atoms with Gasteiger partial charge in [-0.05, 0) is 156 Å². The van der Waals surface area contributed by atoms with E-state index in [1.54, 1.807) is 0 Å². The number of fused-ring (bicyclic) bond motifs is 12. The van der Waals surface area contributed by atoms with Gasteiger partial charge in [-0.3, -0.25) is 0 Å². The molecule has 12 rings (SSSR count). The van der Waals surface area contributed by atoms with Crippen LogP contribution < -0.4 is 0 Å². The molecule has 0 heterocycles. The standard InChI is InChI=1S/C56H34/c1-2-12-38-29-39(20-17-35(38)9-1)40-23-28-51-53(44-25-27-48-42(31-44)22-19-37-11-4-6-14-46(37)48)33-55-50-16-8-7-15-49(50)52(34-56(55)54(51)32-40)43-24-26-47-41(30-43)21-18-36-10-3-5-13-45(36)47/h1-34H. The van der Waals surface area contributed by atoms with Crippen LogP contribution in [-0.4, -0.2) is 0 Å². The molecule has 0 aliphatic rings. The molecular formula is C56H34. The molecule has 0 radical (unpaired) electrons. The molecule has 0 N–H and O–H groups in total. The van der Waals surface area contributed by atoms with Crippen molar-refractivity contribution < 1.29 is 0 Å². The first kappa shape index (κ1) is 31.1. The van der Waals surface area contributed by atoms with E-state index in [9.17, 15) is 0 Å². The van der Waals surface area contributed by atoms with Crippen molar-refractivity contribution in [2.75, 3.05) is 0 Å². The van der Waals surface area contributed by atoms with Gasteiger partial charge in [0.1, 0.15) is 0 Å². The zero-order chi connectivity index (χ0) is 36.7. The summed E-state index contributed by atoms with van der Waals surface area (Å²) in [6, 6.07) is 76.9. The summed E-state index contributed by atoms with van der Waals surface area (Å²) in [6.07, 6.45) is 0. The molecule has 12 aromatic rings. The molecule has 0 bridgehead atoms. The van der Waals surface area contributed by atoms with E-state index in [1.165, 1.54) is 120 Å². The third-order valence-electron chi connectivity index (χ3n) is 12.2. The highest BCUT2D eigenvalue weighted by molar-refractivity contribution is 6.25. The molecule has 0 unspecified atom stereocenters. The van der Waals surface area contributed by atoms with Crippen molar-refractivity contribution in [2.24, 2.45) is 0 Å². The van der Waals surface area contributed by atoms with Crippen molar-refractivity contribution >= 4 is 86.2 Å². The van der Waals surface area contributed by atoms with Gasteiger partial charge in [-0.2, -0.15) is 0 Å². The number of hydrogen-bond donors (Lipinski definition) is 0. The van der Waals surface area contributed by atoms with E-state index >= 15 is 0 Å². The quantitative estimate of drug-likeness (QED) is 0.160. The Morgan fingerprint density at radius 3 is 1.16 bits per heavy atom. The van der Waals surface area contributed by atoms with Gasteiger partial charge in [0, 0.05) is 0 Å². The lowest BCUT2D eigenvalue weighted by Gasteiger charge is -2.18. The molecule has 0 saturated heterocycles. The highest BCUT2D eigenvalue weighted by atomic mass is 14.2. The lowest BCUT2D eigenvalue weighted by Crippen LogP contribution is -1.90. The molecule has 0 heteroatoms. The molecule has 0 atom stereocenters. The fourth-order valence-electron chi connectivity index (χ4n) is 9.39. The second kappa shape index (κ2) is 12.1. The first-order valence-electron chi connectivity index (χ1n) is 19.5. The highest BCUT2D eigenvalue weighted by Crippen LogP contribution is 2.44. The average molecular weight is 707 g/mol. The molecule has 0 aliphatic heterocycles. The summed E-state index contributed by atoms with van der Waals surface area (Å²) in [4.78, 5) is 0. The Morgan fingerprint density at radius 2 is 0.518 bits per heavy atom. The summed E-state index contributed by atoms with van der Waals surface area (Å²) in [5, 5.41) is 20.3. The van der Waals surface area contributed by atoms with E-state index in [0.29, 0.717) is 0 Å². The summed E-state index contributed by atoms with van der Waals surface area (Å²) in [5.74, 6) is 0. The van der Waals surface area contributed by atoms with Gasteiger partial charge < -0.3 is 0 Å². The van der Waals surface area contributed by atoms with E-state index in [2.05, 4.69) is 206 Å². The molecule has 0 fully saturated rings. The lowest BCUT2D eigenvalue weighted by atomic mass is 9.86. The van der Waals surface area contributed by atoms with Crippen LogP contribution in [-0.2, 0) is 0 Å². The van der Waals surface area contributed by atoms with Gasteiger partial charge in [0.15, 0.2) is 0 Å². The number of hydrogen-bond acceptors (Lipinski definition) is 0. The minimum absolute atomic E-state index is 1.22. The van der Waals surface area contributed by atoms with Crippen molar-refractivity contribution in [1.82, 2.24) is 0 Å². The molecule has 0 aliphatic carbocycles. The van der Waals surface area contributed by atoms with Crippen LogP contribution in [0.25, 0.3) is 120 Å². The zero-order valence-electron chi connectivity index (χ0n) is 30.6. The maximum absolute atomic E-state index is 2.46. The Labute approximate surface area is 324 Å². The third kappa shape index (κ3) is 4.79. The number of benzene rings is 12. The zero-order valence-corrected chi connectivity index (χ0v) is 30.6. The summed E-state index contributed by atoms with van der Waals surface area (Å²) >= 11 is 0. The van der Waals surface area contributed by atoms with Crippen LogP contribution in [0.2, 0.25) is 0 Å². The van der Waals surface area contributed by atoms with Crippen molar-refractivity contribution in [3.05, 3.63) is 206 Å². The predicted octanol–water partition coefficient (Wildman–Crippen LogP) is 15.9. The van der Waals surface area contributed by atoms with E-state index in [0.717, 1.165) is 0 Å². The Bertz CT molecular complexity index is 3590. The van der Waals surface area contributed by atoms with Gasteiger partial charge in [0.2, 0.25) is 0 Å². The van der Waals surface area contributed by atoms with Crippen LogP contribution in [0.1, 0.15) is 0 Å². The molecular weight excluding hydrogens is 673 g/mol. The summed E-state index contributed by atoms with van der Waals surface area (Å²) < 4.78 is 0. The van der Waals surface area contributed by atoms with Crippen molar-refractivity contribution in [3.8, 4) is 33.4 Å². The summed E-state index contributed by atoms with van der Waals surface area (Å²) in [5.41, 5.74) is 7.42. The Kier molecular flexibility index (Phi) is 6.73. The van der Waals surface area contributed by atoms with Crippen LogP contribution >= 0.6 is 0 Å². The van der Waals surface area contributed by atoms with Gasteiger partial charge in [0.05, 0.1) is 0 Å². The van der Waals surface area contributed by atoms with Crippen LogP contribution in [0, 0.1) is 0 Å². The third-order valence-corrected chi connectivity index (χ3v) is 12.2. The minimum Gasteiger partial charge on any atom is -0.0616 e. The van der Waals surface area contributed by atoms with E-state index < -0.39 is 0 Å². The molecule has 0 amide bonds. The van der Waals surface area contributed by atoms with Gasteiger partial charge in [-0.1, -0.05) is 170 Å². The first-order valence-corrected chi connectivity index (χ1v) is 19.5. The Morgan fingerprint density at radius 1 is 0.161 bits per heavy atom. The minimum atomic E-state index is 1.22. The van der Waals surface area contributed by atoms with Crippen molar-refractivity contribution in [1.29, 1.82) is 0 Å². The van der Waals surface area contributed by atoms with Crippen LogP contribution in [0.15, 0.2) is 206 Å². The second-order valence-electron chi connectivity index (χ2n) is 15.3. The maximum Gasteiger partial charge on any atom is -0.00921 e. The smallest absolute Gasteiger partial charge is 0.00921 e. The first-order chi connectivity index (χ1) is 27.7. The molecule has 0 saturated carbocycles. The molecule has 258 valence electrons. The van der Waals surface area contributed by atoms with Crippen molar-refractivity contribution in [2.45, 2.75) is 0 Å². The Balaban J connectivity index is 1.15. The van der Waals surface area contributed by atoms with Gasteiger partial charge in [0.25, 0.3) is 0 Å². The molecule has 56 heavy (non-hydrogen) atoms. The fourth-order valence-corrected chi connectivity index (χ4v) is 9.39. The van der Waals surface area contributed by atoms with Gasteiger partial charge in [-0.25, -0.2) is 0 Å². The second-order valence-corrected chi connectivity index (χ2v) is 15.3. The van der Waals surface area contributed by atoms with Crippen LogP contribution in [0.5, 0.6) is 0 Å². The normalized spacial score (nSPS) is 11.9. The molecule has 12 aromatic carbocycles. The highest BCUT2D eigenvalue weighted by Gasteiger charge is 2.17. The lowest BCUT2D eigenvalue weighted by molar-refractivity contribution is 1.67. The SMILES string of the molecule is c1ccc2cc(-c3ccc4c(-c5ccc6c(ccc7ccccc76)c5)cc5c6ccccc6c(-c6ccc7c(ccc8ccccc87)c6)cc5c4c3)ccc2c1. The Hall–Kier alpha value is -7.28. The molecule has 0 aromatic heterocycles. The number of rotatable bonds is 3. The largest absolute Gasteiger partial charge is 0.0616 e. The fraction of sp³-hybridized carbons (Fsp3) is 0. The van der Waals surface area contributed by atoms with Crippen LogP contribution in [0.4, 0.5) is 0 Å². The van der Waals surface area contributed by atoms with Gasteiger partial charge >= 0.3 is 0 Å². The van der Waals surface area contributed by atoms with Crippen LogP contribution in [0.3, 0.4) is 0 Å². The van der Waals surface area contributed by atoms with Gasteiger partial charge in [-0.15, -0.1) is 0 Å². The van der Waals surface area contributed by atoms with E-state index in [4.69, 9.17) is 0 Å².